The van der Waals surface area contributed by atoms with E-state index in [1.165, 1.54) is 23.8 Å². The molecule has 6 nitrogen and oxygen atoms in total. The van der Waals surface area contributed by atoms with Gasteiger partial charge in [0.25, 0.3) is 11.8 Å². The molecule has 1 aliphatic rings. The number of methoxy groups -OCH3 is 1. The third kappa shape index (κ3) is 6.05. The number of para-hydroxylation sites is 1. The number of carbonyl (C=O) groups is 2. The average molecular weight is 590 g/mol. The van der Waals surface area contributed by atoms with E-state index in [0.29, 0.717) is 31.4 Å². The Kier molecular flexibility index (Phi) is 8.12. The molecule has 0 saturated carbocycles. The molecule has 0 spiro atoms. The first-order valence-corrected chi connectivity index (χ1v) is 12.6. The van der Waals surface area contributed by atoms with Crippen LogP contribution in [0.15, 0.2) is 76.1 Å². The average Bonchev–Trinajstić information content (AvgIpc) is 3.13. The van der Waals surface area contributed by atoms with Gasteiger partial charge < -0.3 is 14.8 Å². The second-order valence-corrected chi connectivity index (χ2v) is 10.2. The number of thiocarbonyl (C=S) groups is 1. The maximum absolute atomic E-state index is 12.9. The number of thioether (sulfide) groups is 1. The van der Waals surface area contributed by atoms with Gasteiger partial charge in [0, 0.05) is 10.2 Å². The first-order valence-electron chi connectivity index (χ1n) is 10.2. The third-order valence-corrected chi connectivity index (χ3v) is 7.39. The van der Waals surface area contributed by atoms with Crippen molar-refractivity contribution < 1.29 is 19.1 Å². The molecule has 35 heavy (non-hydrogen) atoms. The maximum atomic E-state index is 12.9. The largest absolute Gasteiger partial charge is 0.493 e. The second kappa shape index (κ2) is 11.3. The summed E-state index contributed by atoms with van der Waals surface area (Å²) < 4.78 is 12.3. The van der Waals surface area contributed by atoms with Crippen molar-refractivity contribution >= 4 is 85.1 Å². The fourth-order valence-corrected chi connectivity index (χ4v) is 4.95. The molecule has 1 heterocycles. The summed E-state index contributed by atoms with van der Waals surface area (Å²) in [6.45, 7) is -0.223. The van der Waals surface area contributed by atoms with Crippen molar-refractivity contribution in [1.82, 2.24) is 0 Å². The Hall–Kier alpha value is -2.85. The number of carbonyl (C=O) groups excluding carboxylic acids is 2. The quantitative estimate of drug-likeness (QED) is 0.250. The zero-order chi connectivity index (χ0) is 24.9. The maximum Gasteiger partial charge on any atom is 0.270 e. The summed E-state index contributed by atoms with van der Waals surface area (Å²) in [5.74, 6) is 0.288. The van der Waals surface area contributed by atoms with Crippen LogP contribution in [0.1, 0.15) is 5.56 Å². The predicted octanol–water partition coefficient (Wildman–Crippen LogP) is 6.53. The van der Waals surface area contributed by atoms with Crippen LogP contribution in [-0.4, -0.2) is 29.9 Å². The number of nitrogens with zero attached hydrogens (tertiary/aromatic N) is 1. The Morgan fingerprint density at radius 3 is 2.63 bits per heavy atom. The molecule has 0 aromatic heterocycles. The highest BCUT2D eigenvalue weighted by Crippen LogP contribution is 2.37. The van der Waals surface area contributed by atoms with Crippen molar-refractivity contribution in [3.05, 3.63) is 86.7 Å². The molecule has 0 aliphatic carbocycles. The zero-order valence-electron chi connectivity index (χ0n) is 18.3. The van der Waals surface area contributed by atoms with Crippen molar-refractivity contribution in [1.29, 1.82) is 0 Å². The van der Waals surface area contributed by atoms with E-state index in [4.69, 9.17) is 33.3 Å². The van der Waals surface area contributed by atoms with E-state index in [-0.39, 0.29) is 18.4 Å². The monoisotopic (exact) mass is 588 g/mol. The Bertz CT molecular complexity index is 1330. The predicted molar refractivity (Wildman–Crippen MR) is 148 cm³/mol. The number of anilines is 2. The third-order valence-electron chi connectivity index (χ3n) is 4.86. The first-order chi connectivity index (χ1) is 16.9. The van der Waals surface area contributed by atoms with Crippen molar-refractivity contribution in [3.63, 3.8) is 0 Å². The van der Waals surface area contributed by atoms with Gasteiger partial charge in [-0.1, -0.05) is 59.8 Å². The molecule has 0 bridgehead atoms. The fourth-order valence-electron chi connectivity index (χ4n) is 3.23. The Balaban J connectivity index is 1.44. The molecular formula is C25H18BrClN2O4S2. The smallest absolute Gasteiger partial charge is 0.270 e. The number of hydrogen-bond acceptors (Lipinski definition) is 6. The number of hydrogen-bond donors (Lipinski definition) is 1. The van der Waals surface area contributed by atoms with Crippen LogP contribution in [-0.2, 0) is 9.59 Å². The highest BCUT2D eigenvalue weighted by atomic mass is 79.9. The van der Waals surface area contributed by atoms with Gasteiger partial charge in [-0.05, 0) is 70.0 Å². The minimum atomic E-state index is -0.348. The number of halogens is 2. The lowest BCUT2D eigenvalue weighted by molar-refractivity contribution is -0.118. The minimum absolute atomic E-state index is 0.185. The van der Waals surface area contributed by atoms with Gasteiger partial charge in [0.2, 0.25) is 0 Å². The molecule has 2 amide bonds. The minimum Gasteiger partial charge on any atom is -0.493 e. The van der Waals surface area contributed by atoms with Crippen molar-refractivity contribution in [2.45, 2.75) is 0 Å². The van der Waals surface area contributed by atoms with E-state index >= 15 is 0 Å². The Morgan fingerprint density at radius 1 is 1.14 bits per heavy atom. The van der Waals surface area contributed by atoms with Crippen LogP contribution < -0.4 is 19.7 Å². The summed E-state index contributed by atoms with van der Waals surface area (Å²) in [7, 11) is 1.50. The van der Waals surface area contributed by atoms with E-state index in [2.05, 4.69) is 21.2 Å². The molecule has 0 atom stereocenters. The lowest BCUT2D eigenvalue weighted by Crippen LogP contribution is -2.27. The van der Waals surface area contributed by atoms with Gasteiger partial charge in [-0.15, -0.1) is 0 Å². The van der Waals surface area contributed by atoms with Crippen LogP contribution in [0.4, 0.5) is 11.4 Å². The molecular weight excluding hydrogens is 572 g/mol. The Morgan fingerprint density at radius 2 is 1.91 bits per heavy atom. The zero-order valence-corrected chi connectivity index (χ0v) is 22.3. The van der Waals surface area contributed by atoms with Crippen LogP contribution >= 0.6 is 51.5 Å². The fraction of sp³-hybridized carbons (Fsp3) is 0.0800. The normalized spacial score (nSPS) is 14.4. The number of rotatable bonds is 7. The van der Waals surface area contributed by atoms with Crippen molar-refractivity contribution in [3.8, 4) is 11.5 Å². The molecule has 3 aromatic carbocycles. The van der Waals surface area contributed by atoms with Gasteiger partial charge in [0.1, 0.15) is 0 Å². The van der Waals surface area contributed by atoms with Gasteiger partial charge in [-0.2, -0.15) is 0 Å². The molecule has 178 valence electrons. The van der Waals surface area contributed by atoms with Gasteiger partial charge >= 0.3 is 0 Å². The van der Waals surface area contributed by atoms with E-state index in [0.717, 1.165) is 15.7 Å². The lowest BCUT2D eigenvalue weighted by atomic mass is 10.2. The summed E-state index contributed by atoms with van der Waals surface area (Å²) in [5.41, 5.74) is 2.02. The molecule has 0 unspecified atom stereocenters. The summed E-state index contributed by atoms with van der Waals surface area (Å²) in [5, 5.41) is 3.21. The summed E-state index contributed by atoms with van der Waals surface area (Å²) in [6, 6.07) is 19.6. The number of ether oxygens (including phenoxy) is 2. The summed E-state index contributed by atoms with van der Waals surface area (Å²) in [6.07, 6.45) is 1.75. The van der Waals surface area contributed by atoms with Gasteiger partial charge in [0.05, 0.1) is 22.7 Å². The number of benzene rings is 3. The SMILES string of the molecule is COc1cc(/C=C2/SC(=S)N(c3ccccc3)C2=O)ccc1OCC(=O)Nc1ccc(Br)c(Cl)c1. The van der Waals surface area contributed by atoms with E-state index < -0.39 is 0 Å². The molecule has 4 rings (SSSR count). The molecule has 10 heteroatoms. The van der Waals surface area contributed by atoms with E-state index in [9.17, 15) is 9.59 Å². The standard InChI is InChI=1S/C25H18BrClN2O4S2/c1-32-21-11-15(12-22-24(31)29(25(34)35-22)17-5-3-2-4-6-17)7-10-20(21)33-14-23(30)28-16-8-9-18(26)19(27)13-16/h2-13H,14H2,1H3,(H,28,30)/b22-12+. The van der Waals surface area contributed by atoms with Gasteiger partial charge in [0.15, 0.2) is 22.4 Å². The lowest BCUT2D eigenvalue weighted by Gasteiger charge is -2.14. The molecule has 3 aromatic rings. The number of nitrogens with one attached hydrogen (secondary N) is 1. The molecule has 1 aliphatic heterocycles. The van der Waals surface area contributed by atoms with Crippen LogP contribution in [0.25, 0.3) is 6.08 Å². The molecule has 0 radical (unpaired) electrons. The van der Waals surface area contributed by atoms with E-state index in [1.807, 2.05) is 30.3 Å². The Labute approximate surface area is 225 Å². The van der Waals surface area contributed by atoms with Crippen LogP contribution in [0.5, 0.6) is 11.5 Å². The van der Waals surface area contributed by atoms with Gasteiger partial charge in [-0.3, -0.25) is 14.5 Å². The van der Waals surface area contributed by atoms with Crippen LogP contribution in [0.2, 0.25) is 5.02 Å². The highest BCUT2D eigenvalue weighted by molar-refractivity contribution is 9.10. The second-order valence-electron chi connectivity index (χ2n) is 7.23. The van der Waals surface area contributed by atoms with E-state index in [1.54, 1.807) is 42.5 Å². The topological polar surface area (TPSA) is 67.9 Å². The van der Waals surface area contributed by atoms with Gasteiger partial charge in [-0.25, -0.2) is 0 Å². The molecule has 1 fully saturated rings. The van der Waals surface area contributed by atoms with Crippen molar-refractivity contribution in [2.75, 3.05) is 23.9 Å². The van der Waals surface area contributed by atoms with Crippen LogP contribution in [0, 0.1) is 0 Å². The summed E-state index contributed by atoms with van der Waals surface area (Å²) >= 11 is 16.0. The first kappa shape index (κ1) is 25.2. The highest BCUT2D eigenvalue weighted by Gasteiger charge is 2.33. The van der Waals surface area contributed by atoms with Crippen LogP contribution in [0.3, 0.4) is 0 Å². The summed E-state index contributed by atoms with van der Waals surface area (Å²) in [4.78, 5) is 27.3. The van der Waals surface area contributed by atoms with Crippen molar-refractivity contribution in [2.24, 2.45) is 0 Å². The molecule has 1 saturated heterocycles. The molecule has 1 N–H and O–H groups in total. The number of amides is 2.